The zero-order chi connectivity index (χ0) is 27.6. The summed E-state index contributed by atoms with van der Waals surface area (Å²) in [7, 11) is -2.14. The first-order chi connectivity index (χ1) is 17.8. The van der Waals surface area contributed by atoms with Crippen LogP contribution in [0.1, 0.15) is 26.3 Å². The molecule has 0 aliphatic carbocycles. The molecule has 0 radical (unpaired) electrons. The standard InChI is InChI=1S/C25H21F3N6O3S/c1-5-38(35,36)22-19-10-14(24(2,3)13-29)8-9-34(19)32-20(22)23-31-18-12-30-17-11-15(37-25(26,27)28)6-7-16(17)21(18)33(23)4/h6-12H,5H2,1-4H3. The van der Waals surface area contributed by atoms with E-state index in [2.05, 4.69) is 25.9 Å². The van der Waals surface area contributed by atoms with Crippen molar-refractivity contribution < 1.29 is 26.3 Å². The number of rotatable bonds is 5. The number of aromatic nitrogens is 5. The van der Waals surface area contributed by atoms with Crippen LogP contribution in [0.2, 0.25) is 0 Å². The maximum Gasteiger partial charge on any atom is 0.573 e. The van der Waals surface area contributed by atoms with Gasteiger partial charge in [-0.05, 0) is 43.7 Å². The molecule has 38 heavy (non-hydrogen) atoms. The first-order valence-corrected chi connectivity index (χ1v) is 13.1. The Kier molecular flexibility index (Phi) is 5.64. The zero-order valence-corrected chi connectivity index (χ0v) is 21.5. The highest BCUT2D eigenvalue weighted by molar-refractivity contribution is 7.91. The minimum atomic E-state index is -4.84. The summed E-state index contributed by atoms with van der Waals surface area (Å²) < 4.78 is 71.8. The highest BCUT2D eigenvalue weighted by Crippen LogP contribution is 2.36. The van der Waals surface area contributed by atoms with Crippen LogP contribution >= 0.6 is 0 Å². The summed E-state index contributed by atoms with van der Waals surface area (Å²) >= 11 is 0. The Bertz CT molecular complexity index is 1900. The lowest BCUT2D eigenvalue weighted by Crippen LogP contribution is -2.17. The van der Waals surface area contributed by atoms with Gasteiger partial charge in [0.25, 0.3) is 0 Å². The zero-order valence-electron chi connectivity index (χ0n) is 20.7. The van der Waals surface area contributed by atoms with Gasteiger partial charge < -0.3 is 9.30 Å². The van der Waals surface area contributed by atoms with E-state index in [-0.39, 0.29) is 27.7 Å². The molecule has 0 N–H and O–H groups in total. The van der Waals surface area contributed by atoms with E-state index in [9.17, 15) is 26.9 Å². The molecule has 0 unspecified atom stereocenters. The lowest BCUT2D eigenvalue weighted by molar-refractivity contribution is -0.274. The van der Waals surface area contributed by atoms with Gasteiger partial charge in [-0.3, -0.25) is 4.98 Å². The molecule has 0 spiro atoms. The Morgan fingerprint density at radius 1 is 1.13 bits per heavy atom. The smallest absolute Gasteiger partial charge is 0.406 e. The summed E-state index contributed by atoms with van der Waals surface area (Å²) in [5.41, 5.74) is 1.37. The van der Waals surface area contributed by atoms with Crippen LogP contribution < -0.4 is 4.74 Å². The van der Waals surface area contributed by atoms with Crippen molar-refractivity contribution in [3.63, 3.8) is 0 Å². The van der Waals surface area contributed by atoms with Crippen LogP contribution in [0.5, 0.6) is 5.75 Å². The molecule has 4 aromatic heterocycles. The maximum atomic E-state index is 13.3. The van der Waals surface area contributed by atoms with Gasteiger partial charge in [0, 0.05) is 24.7 Å². The predicted octanol–water partition coefficient (Wildman–Crippen LogP) is 4.93. The van der Waals surface area contributed by atoms with E-state index in [0.29, 0.717) is 27.5 Å². The van der Waals surface area contributed by atoms with Crippen LogP contribution in [0.25, 0.3) is 39.0 Å². The molecule has 0 aliphatic rings. The highest BCUT2D eigenvalue weighted by Gasteiger charge is 2.32. The summed E-state index contributed by atoms with van der Waals surface area (Å²) in [5, 5.41) is 14.6. The van der Waals surface area contributed by atoms with E-state index in [1.165, 1.54) is 35.8 Å². The van der Waals surface area contributed by atoms with E-state index in [0.717, 1.165) is 0 Å². The molecule has 0 bridgehead atoms. The third-order valence-corrected chi connectivity index (χ3v) is 8.18. The van der Waals surface area contributed by atoms with Gasteiger partial charge in [0.2, 0.25) is 0 Å². The summed E-state index contributed by atoms with van der Waals surface area (Å²) in [6, 6.07) is 9.37. The fraction of sp³-hybridized carbons (Fsp3) is 0.280. The molecular formula is C25H21F3N6O3S. The van der Waals surface area contributed by atoms with Crippen molar-refractivity contribution in [1.82, 2.24) is 24.1 Å². The Morgan fingerprint density at radius 3 is 2.53 bits per heavy atom. The van der Waals surface area contributed by atoms with Gasteiger partial charge in [-0.15, -0.1) is 13.2 Å². The van der Waals surface area contributed by atoms with Gasteiger partial charge in [0.15, 0.2) is 15.7 Å². The SMILES string of the molecule is CCS(=O)(=O)c1c(-c2nc3cnc4cc(OC(F)(F)F)ccc4c3n2C)nn2ccc(C(C)(C)C#N)cc12. The molecule has 5 rings (SSSR count). The lowest BCUT2D eigenvalue weighted by Gasteiger charge is -2.15. The van der Waals surface area contributed by atoms with Crippen LogP contribution in [0.3, 0.4) is 0 Å². The van der Waals surface area contributed by atoms with Crippen molar-refractivity contribution in [2.45, 2.75) is 37.4 Å². The number of sulfone groups is 1. The molecule has 0 saturated heterocycles. The van der Waals surface area contributed by atoms with Gasteiger partial charge in [0.05, 0.1) is 40.0 Å². The number of nitrogens with zero attached hydrogens (tertiary/aromatic N) is 6. The molecular weight excluding hydrogens is 521 g/mol. The van der Waals surface area contributed by atoms with Gasteiger partial charge in [0.1, 0.15) is 21.9 Å². The fourth-order valence-corrected chi connectivity index (χ4v) is 5.55. The van der Waals surface area contributed by atoms with Gasteiger partial charge >= 0.3 is 6.36 Å². The van der Waals surface area contributed by atoms with E-state index in [1.807, 2.05) is 0 Å². The predicted molar refractivity (Wildman–Crippen MR) is 133 cm³/mol. The summed E-state index contributed by atoms with van der Waals surface area (Å²) in [5.74, 6) is -0.363. The number of aryl methyl sites for hydroxylation is 1. The number of ether oxygens (including phenoxy) is 1. The minimum absolute atomic E-state index is 0.0212. The molecule has 4 heterocycles. The van der Waals surface area contributed by atoms with Crippen LogP contribution in [0.15, 0.2) is 47.6 Å². The number of nitriles is 1. The summed E-state index contributed by atoms with van der Waals surface area (Å²) in [4.78, 5) is 8.81. The van der Waals surface area contributed by atoms with Crippen molar-refractivity contribution >= 4 is 37.3 Å². The van der Waals surface area contributed by atoms with Crippen molar-refractivity contribution in [2.24, 2.45) is 7.05 Å². The fourth-order valence-electron chi connectivity index (χ4n) is 4.36. The monoisotopic (exact) mass is 542 g/mol. The van der Waals surface area contributed by atoms with Gasteiger partial charge in [-0.2, -0.15) is 10.4 Å². The number of benzene rings is 1. The molecule has 9 nitrogen and oxygen atoms in total. The van der Waals surface area contributed by atoms with E-state index in [4.69, 9.17) is 0 Å². The number of fused-ring (bicyclic) bond motifs is 4. The number of imidazole rings is 1. The average Bonchev–Trinajstić information content (AvgIpc) is 3.40. The molecule has 0 amide bonds. The van der Waals surface area contributed by atoms with Crippen molar-refractivity contribution in [1.29, 1.82) is 5.26 Å². The maximum absolute atomic E-state index is 13.3. The van der Waals surface area contributed by atoms with Crippen LogP contribution in [-0.2, 0) is 22.3 Å². The van der Waals surface area contributed by atoms with E-state index in [1.54, 1.807) is 43.8 Å². The Labute approximate surface area is 215 Å². The second-order valence-electron chi connectivity index (χ2n) is 9.28. The van der Waals surface area contributed by atoms with Crippen LogP contribution in [0.4, 0.5) is 13.2 Å². The molecule has 0 aliphatic heterocycles. The third-order valence-electron chi connectivity index (χ3n) is 6.40. The number of hydrogen-bond donors (Lipinski definition) is 0. The first kappa shape index (κ1) is 25.5. The number of pyridine rings is 2. The first-order valence-electron chi connectivity index (χ1n) is 11.4. The summed E-state index contributed by atoms with van der Waals surface area (Å²) in [6.45, 7) is 5.00. The minimum Gasteiger partial charge on any atom is -0.406 e. The largest absolute Gasteiger partial charge is 0.573 e. The Balaban J connectivity index is 1.78. The molecule has 5 aromatic rings. The van der Waals surface area contributed by atoms with E-state index < -0.39 is 27.4 Å². The Hall–Kier alpha value is -4.18. The van der Waals surface area contributed by atoms with Crippen LogP contribution in [0, 0.1) is 11.3 Å². The second kappa shape index (κ2) is 8.42. The van der Waals surface area contributed by atoms with Gasteiger partial charge in [-0.25, -0.2) is 17.9 Å². The van der Waals surface area contributed by atoms with Crippen molar-refractivity contribution in [3.8, 4) is 23.3 Å². The molecule has 196 valence electrons. The number of halogens is 3. The molecule has 13 heteroatoms. The topological polar surface area (TPSA) is 115 Å². The normalized spacial score (nSPS) is 12.9. The lowest BCUT2D eigenvalue weighted by atomic mass is 9.87. The van der Waals surface area contributed by atoms with Gasteiger partial charge in [-0.1, -0.05) is 6.92 Å². The van der Waals surface area contributed by atoms with E-state index >= 15 is 0 Å². The van der Waals surface area contributed by atoms with Crippen LogP contribution in [-0.4, -0.2) is 44.7 Å². The van der Waals surface area contributed by atoms with Crippen molar-refractivity contribution in [2.75, 3.05) is 5.75 Å². The molecule has 0 atom stereocenters. The molecule has 0 saturated carbocycles. The molecule has 1 aromatic carbocycles. The summed E-state index contributed by atoms with van der Waals surface area (Å²) in [6.07, 6.45) is -1.84. The highest BCUT2D eigenvalue weighted by atomic mass is 32.2. The Morgan fingerprint density at radius 2 is 1.87 bits per heavy atom. The number of hydrogen-bond acceptors (Lipinski definition) is 7. The van der Waals surface area contributed by atoms with Crippen molar-refractivity contribution in [3.05, 3.63) is 48.3 Å². The number of alkyl halides is 3. The molecule has 0 fully saturated rings. The second-order valence-corrected chi connectivity index (χ2v) is 11.5. The quantitative estimate of drug-likeness (QED) is 0.309. The third kappa shape index (κ3) is 4.10. The average molecular weight is 543 g/mol.